The van der Waals surface area contributed by atoms with Crippen LogP contribution in [-0.2, 0) is 0 Å². The zero-order chi connectivity index (χ0) is 9.54. The number of nitrogens with zero attached hydrogens (tertiary/aromatic N) is 3. The molecule has 1 aliphatic heterocycles. The van der Waals surface area contributed by atoms with Crippen LogP contribution < -0.4 is 4.90 Å². The predicted octanol–water partition coefficient (Wildman–Crippen LogP) is 1.82. The van der Waals surface area contributed by atoms with Crippen molar-refractivity contribution in [3.8, 4) is 0 Å². The summed E-state index contributed by atoms with van der Waals surface area (Å²) in [4.78, 5) is 6.59. The summed E-state index contributed by atoms with van der Waals surface area (Å²) in [7, 11) is 0. The van der Waals surface area contributed by atoms with Crippen molar-refractivity contribution in [3.63, 3.8) is 0 Å². The lowest BCUT2D eigenvalue weighted by Gasteiger charge is -2.37. The smallest absolute Gasteiger partial charge is 0.205 e. The molecule has 2 aliphatic rings. The predicted molar refractivity (Wildman–Crippen MR) is 53.6 cm³/mol. The standard InChI is InChI=1S/C9H12FN3S/c10-3-6-4-13(5-6)9-11-8(12-14-9)7-1-2-7/h6-7H,1-5H2. The van der Waals surface area contributed by atoms with Gasteiger partial charge in [-0.25, -0.2) is 4.98 Å². The van der Waals surface area contributed by atoms with Gasteiger partial charge in [0.25, 0.3) is 0 Å². The molecule has 0 aromatic carbocycles. The van der Waals surface area contributed by atoms with E-state index >= 15 is 0 Å². The Bertz CT molecular complexity index is 331. The molecule has 14 heavy (non-hydrogen) atoms. The third-order valence-corrected chi connectivity index (χ3v) is 3.61. The van der Waals surface area contributed by atoms with Gasteiger partial charge in [0.1, 0.15) is 5.82 Å². The van der Waals surface area contributed by atoms with Crippen molar-refractivity contribution in [2.75, 3.05) is 24.7 Å². The van der Waals surface area contributed by atoms with E-state index in [9.17, 15) is 4.39 Å². The fourth-order valence-corrected chi connectivity index (χ4v) is 2.45. The van der Waals surface area contributed by atoms with Crippen molar-refractivity contribution in [2.24, 2.45) is 5.92 Å². The molecular weight excluding hydrogens is 201 g/mol. The Morgan fingerprint density at radius 2 is 2.21 bits per heavy atom. The van der Waals surface area contributed by atoms with E-state index in [1.165, 1.54) is 24.4 Å². The van der Waals surface area contributed by atoms with Gasteiger partial charge < -0.3 is 4.90 Å². The Labute approximate surface area is 86.1 Å². The number of hydrogen-bond donors (Lipinski definition) is 0. The van der Waals surface area contributed by atoms with Crippen molar-refractivity contribution in [2.45, 2.75) is 18.8 Å². The quantitative estimate of drug-likeness (QED) is 0.767. The average Bonchev–Trinajstić information content (AvgIpc) is 2.86. The van der Waals surface area contributed by atoms with Crippen LogP contribution in [0.15, 0.2) is 0 Å². The molecule has 2 heterocycles. The summed E-state index contributed by atoms with van der Waals surface area (Å²) < 4.78 is 16.5. The van der Waals surface area contributed by atoms with Gasteiger partial charge in [-0.1, -0.05) is 0 Å². The molecule has 0 N–H and O–H groups in total. The molecule has 0 amide bonds. The van der Waals surface area contributed by atoms with Gasteiger partial charge in [-0.3, -0.25) is 4.39 Å². The molecule has 0 unspecified atom stereocenters. The van der Waals surface area contributed by atoms with E-state index in [0.29, 0.717) is 5.92 Å². The SMILES string of the molecule is FCC1CN(c2nc(C3CC3)ns2)C1. The summed E-state index contributed by atoms with van der Waals surface area (Å²) in [6.45, 7) is 1.43. The number of anilines is 1. The van der Waals surface area contributed by atoms with Gasteiger partial charge in [-0.05, 0) is 12.8 Å². The summed E-state index contributed by atoms with van der Waals surface area (Å²) in [6.07, 6.45) is 2.48. The maximum absolute atomic E-state index is 12.2. The second-order valence-corrected chi connectivity index (χ2v) is 4.87. The zero-order valence-electron chi connectivity index (χ0n) is 7.82. The molecule has 1 aromatic rings. The van der Waals surface area contributed by atoms with E-state index in [2.05, 4.69) is 14.3 Å². The Balaban J connectivity index is 1.66. The largest absolute Gasteiger partial charge is 0.346 e. The lowest BCUT2D eigenvalue weighted by molar-refractivity contribution is 0.306. The molecule has 0 bridgehead atoms. The summed E-state index contributed by atoms with van der Waals surface area (Å²) in [5, 5.41) is 0.983. The van der Waals surface area contributed by atoms with E-state index in [1.807, 2.05) is 0 Å². The highest BCUT2D eigenvalue weighted by Gasteiger charge is 2.32. The third-order valence-electron chi connectivity index (χ3n) is 2.82. The van der Waals surface area contributed by atoms with Crippen LogP contribution >= 0.6 is 11.5 Å². The van der Waals surface area contributed by atoms with E-state index in [-0.39, 0.29) is 12.6 Å². The van der Waals surface area contributed by atoms with Crippen molar-refractivity contribution in [1.29, 1.82) is 0 Å². The first-order valence-electron chi connectivity index (χ1n) is 5.01. The van der Waals surface area contributed by atoms with Gasteiger partial charge in [0, 0.05) is 36.5 Å². The Morgan fingerprint density at radius 1 is 1.43 bits per heavy atom. The van der Waals surface area contributed by atoms with Crippen LogP contribution in [0.2, 0.25) is 0 Å². The summed E-state index contributed by atoms with van der Waals surface area (Å²) in [6, 6.07) is 0. The second-order valence-electron chi connectivity index (χ2n) is 4.13. The van der Waals surface area contributed by atoms with E-state index < -0.39 is 0 Å². The van der Waals surface area contributed by atoms with Crippen LogP contribution in [0.1, 0.15) is 24.6 Å². The van der Waals surface area contributed by atoms with Crippen LogP contribution in [0.25, 0.3) is 0 Å². The van der Waals surface area contributed by atoms with Crippen molar-refractivity contribution >= 4 is 16.7 Å². The van der Waals surface area contributed by atoms with Crippen LogP contribution in [0.3, 0.4) is 0 Å². The van der Waals surface area contributed by atoms with Gasteiger partial charge in [0.2, 0.25) is 5.13 Å². The van der Waals surface area contributed by atoms with Crippen molar-refractivity contribution in [1.82, 2.24) is 9.36 Å². The normalized spacial score (nSPS) is 22.5. The maximum atomic E-state index is 12.2. The molecule has 3 rings (SSSR count). The van der Waals surface area contributed by atoms with Crippen LogP contribution in [0.4, 0.5) is 9.52 Å². The molecule has 1 aliphatic carbocycles. The lowest BCUT2D eigenvalue weighted by atomic mass is 10.0. The Hall–Kier alpha value is -0.710. The van der Waals surface area contributed by atoms with Gasteiger partial charge >= 0.3 is 0 Å². The first kappa shape index (κ1) is 8.59. The zero-order valence-corrected chi connectivity index (χ0v) is 8.63. The van der Waals surface area contributed by atoms with E-state index in [4.69, 9.17) is 0 Å². The van der Waals surface area contributed by atoms with Gasteiger partial charge in [-0.15, -0.1) is 0 Å². The maximum Gasteiger partial charge on any atom is 0.205 e. The monoisotopic (exact) mass is 213 g/mol. The minimum atomic E-state index is -0.204. The van der Waals surface area contributed by atoms with E-state index in [0.717, 1.165) is 24.0 Å². The van der Waals surface area contributed by atoms with E-state index in [1.54, 1.807) is 0 Å². The molecule has 2 fully saturated rings. The summed E-state index contributed by atoms with van der Waals surface area (Å²) >= 11 is 1.46. The first-order chi connectivity index (χ1) is 6.86. The number of alkyl halides is 1. The highest BCUT2D eigenvalue weighted by atomic mass is 32.1. The lowest BCUT2D eigenvalue weighted by Crippen LogP contribution is -2.47. The number of rotatable bonds is 3. The highest BCUT2D eigenvalue weighted by Crippen LogP contribution is 2.40. The number of aromatic nitrogens is 2. The first-order valence-corrected chi connectivity index (χ1v) is 5.78. The van der Waals surface area contributed by atoms with Crippen LogP contribution in [-0.4, -0.2) is 29.1 Å². The molecule has 0 spiro atoms. The fourth-order valence-electron chi connectivity index (χ4n) is 1.69. The second kappa shape index (κ2) is 3.15. The molecule has 3 nitrogen and oxygen atoms in total. The number of halogens is 1. The van der Waals surface area contributed by atoms with Crippen molar-refractivity contribution < 1.29 is 4.39 Å². The van der Waals surface area contributed by atoms with Crippen molar-refractivity contribution in [3.05, 3.63) is 5.82 Å². The Kier molecular flexibility index (Phi) is 1.93. The minimum Gasteiger partial charge on any atom is -0.346 e. The molecule has 1 saturated carbocycles. The Morgan fingerprint density at radius 3 is 2.86 bits per heavy atom. The van der Waals surface area contributed by atoms with Gasteiger partial charge in [-0.2, -0.15) is 4.37 Å². The minimum absolute atomic E-state index is 0.204. The van der Waals surface area contributed by atoms with Gasteiger partial charge in [0.05, 0.1) is 6.67 Å². The third kappa shape index (κ3) is 1.39. The molecule has 76 valence electrons. The summed E-state index contributed by atoms with van der Waals surface area (Å²) in [5.74, 6) is 1.86. The topological polar surface area (TPSA) is 29.0 Å². The molecule has 0 atom stereocenters. The molecule has 1 saturated heterocycles. The fraction of sp³-hybridized carbons (Fsp3) is 0.778. The molecule has 5 heteroatoms. The molecular formula is C9H12FN3S. The number of hydrogen-bond acceptors (Lipinski definition) is 4. The average molecular weight is 213 g/mol. The van der Waals surface area contributed by atoms with Crippen LogP contribution in [0.5, 0.6) is 0 Å². The van der Waals surface area contributed by atoms with Gasteiger partial charge in [0.15, 0.2) is 0 Å². The molecule has 0 radical (unpaired) electrons. The molecule has 1 aromatic heterocycles. The highest BCUT2D eigenvalue weighted by molar-refractivity contribution is 7.09. The summed E-state index contributed by atoms with van der Waals surface area (Å²) in [5.41, 5.74) is 0. The van der Waals surface area contributed by atoms with Crippen LogP contribution in [0, 0.1) is 5.92 Å².